The van der Waals surface area contributed by atoms with E-state index in [9.17, 15) is 4.39 Å². The van der Waals surface area contributed by atoms with E-state index in [4.69, 9.17) is 11.6 Å². The first-order valence-electron chi connectivity index (χ1n) is 7.22. The van der Waals surface area contributed by atoms with Crippen molar-refractivity contribution < 1.29 is 4.39 Å². The molecule has 1 aliphatic heterocycles. The van der Waals surface area contributed by atoms with Gasteiger partial charge in [-0.1, -0.05) is 11.6 Å². The molecule has 0 unspecified atom stereocenters. The van der Waals surface area contributed by atoms with Gasteiger partial charge in [-0.05, 0) is 54.3 Å². The summed E-state index contributed by atoms with van der Waals surface area (Å²) in [5, 5.41) is 2.21. The van der Waals surface area contributed by atoms with Crippen LogP contribution in [0.4, 0.5) is 9.39 Å². The van der Waals surface area contributed by atoms with Crippen LogP contribution in [0.25, 0.3) is 10.9 Å². The first-order chi connectivity index (χ1) is 10.3. The van der Waals surface area contributed by atoms with Gasteiger partial charge in [-0.2, -0.15) is 4.37 Å². The maximum absolute atomic E-state index is 14.2. The molecule has 0 amide bonds. The van der Waals surface area contributed by atoms with Crippen LogP contribution in [-0.2, 0) is 0 Å². The number of rotatable bonds is 1. The van der Waals surface area contributed by atoms with Gasteiger partial charge in [-0.15, -0.1) is 0 Å². The molecule has 3 nitrogen and oxygen atoms in total. The van der Waals surface area contributed by atoms with Crippen LogP contribution in [0.2, 0.25) is 5.02 Å². The maximum Gasteiger partial charge on any atom is 0.166 e. The van der Waals surface area contributed by atoms with E-state index < -0.39 is 0 Å². The van der Waals surface area contributed by atoms with Crippen molar-refractivity contribution in [3.05, 3.63) is 21.4 Å². The zero-order valence-corrected chi connectivity index (χ0v) is 15.9. The second kappa shape index (κ2) is 5.89. The lowest BCUT2D eigenvalue weighted by Crippen LogP contribution is -2.53. The summed E-state index contributed by atoms with van der Waals surface area (Å²) < 4.78 is 18.8. The van der Waals surface area contributed by atoms with Crippen molar-refractivity contribution >= 4 is 55.0 Å². The van der Waals surface area contributed by atoms with E-state index in [2.05, 4.69) is 50.9 Å². The third-order valence-electron chi connectivity index (χ3n) is 4.11. The molecule has 1 aromatic carbocycles. The summed E-state index contributed by atoms with van der Waals surface area (Å²) >= 11 is 10.6. The number of piperazine rings is 1. The van der Waals surface area contributed by atoms with Crippen molar-refractivity contribution in [1.29, 1.82) is 0 Å². The second-order valence-electron chi connectivity index (χ2n) is 6.52. The zero-order chi connectivity index (χ0) is 16.1. The number of fused-ring (bicyclic) bond motifs is 1. The van der Waals surface area contributed by atoms with Crippen molar-refractivity contribution in [1.82, 2.24) is 9.27 Å². The molecule has 22 heavy (non-hydrogen) atoms. The molecule has 0 N–H and O–H groups in total. The largest absolute Gasteiger partial charge is 0.359 e. The van der Waals surface area contributed by atoms with Crippen molar-refractivity contribution in [2.45, 2.75) is 26.3 Å². The molecule has 0 atom stereocenters. The lowest BCUT2D eigenvalue weighted by atomic mass is 10.0. The highest BCUT2D eigenvalue weighted by atomic mass is 79.9. The van der Waals surface area contributed by atoms with E-state index >= 15 is 0 Å². The Balaban J connectivity index is 1.90. The zero-order valence-electron chi connectivity index (χ0n) is 12.8. The molecule has 0 aliphatic carbocycles. The van der Waals surface area contributed by atoms with Gasteiger partial charge in [-0.25, -0.2) is 4.39 Å². The minimum atomic E-state index is -0.377. The summed E-state index contributed by atoms with van der Waals surface area (Å²) in [7, 11) is 0. The Morgan fingerprint density at radius 3 is 2.50 bits per heavy atom. The van der Waals surface area contributed by atoms with Crippen molar-refractivity contribution in [2.24, 2.45) is 0 Å². The molecular weight excluding hydrogens is 389 g/mol. The van der Waals surface area contributed by atoms with Gasteiger partial charge in [0, 0.05) is 37.1 Å². The molecule has 0 saturated carbocycles. The molecular formula is C15H18BrClFN3S. The van der Waals surface area contributed by atoms with E-state index in [1.54, 1.807) is 6.07 Å². The number of benzene rings is 1. The number of hydrogen-bond donors (Lipinski definition) is 0. The number of halogens is 3. The van der Waals surface area contributed by atoms with E-state index in [1.165, 1.54) is 11.5 Å². The third kappa shape index (κ3) is 2.86. The van der Waals surface area contributed by atoms with Gasteiger partial charge < -0.3 is 4.90 Å². The van der Waals surface area contributed by atoms with Crippen molar-refractivity contribution in [2.75, 3.05) is 31.1 Å². The fourth-order valence-corrected chi connectivity index (χ4v) is 4.19. The Morgan fingerprint density at radius 1 is 1.27 bits per heavy atom. The highest BCUT2D eigenvalue weighted by molar-refractivity contribution is 9.10. The van der Waals surface area contributed by atoms with Crippen molar-refractivity contribution in [3.8, 4) is 0 Å². The number of anilines is 1. The van der Waals surface area contributed by atoms with Crippen LogP contribution in [-0.4, -0.2) is 41.0 Å². The van der Waals surface area contributed by atoms with Gasteiger partial charge in [0.15, 0.2) is 5.82 Å². The molecule has 1 aliphatic rings. The van der Waals surface area contributed by atoms with Gasteiger partial charge in [0.1, 0.15) is 10.5 Å². The van der Waals surface area contributed by atoms with Gasteiger partial charge in [0.05, 0.1) is 9.50 Å². The molecule has 1 fully saturated rings. The first-order valence-corrected chi connectivity index (χ1v) is 9.16. The lowest BCUT2D eigenvalue weighted by Gasteiger charge is -2.42. The van der Waals surface area contributed by atoms with Crippen LogP contribution in [0.15, 0.2) is 10.5 Å². The Labute approximate surface area is 147 Å². The summed E-state index contributed by atoms with van der Waals surface area (Å²) in [5.74, 6) is -0.377. The van der Waals surface area contributed by atoms with Crippen LogP contribution in [0.5, 0.6) is 0 Å². The summed E-state index contributed by atoms with van der Waals surface area (Å²) in [6.45, 7) is 10.5. The van der Waals surface area contributed by atoms with Crippen LogP contribution in [0.1, 0.15) is 20.8 Å². The quantitative estimate of drug-likeness (QED) is 0.636. The predicted molar refractivity (Wildman–Crippen MR) is 95.8 cm³/mol. The standard InChI is InChI=1S/C15H18BrClFN3S/c1-15(2,3)21-6-4-20(5-7-21)14-9-8-10(17)11(16)12(18)13(9)19-22-14/h8H,4-7H2,1-3H3. The molecule has 7 heteroatoms. The van der Waals surface area contributed by atoms with Crippen LogP contribution < -0.4 is 4.90 Å². The summed E-state index contributed by atoms with van der Waals surface area (Å²) in [6, 6.07) is 1.80. The Kier molecular flexibility index (Phi) is 4.40. The third-order valence-corrected chi connectivity index (χ3v) is 6.33. The normalized spacial score (nSPS) is 17.5. The number of aromatic nitrogens is 1. The minimum absolute atomic E-state index is 0.183. The Hall–Kier alpha value is -0.430. The molecule has 0 spiro atoms. The van der Waals surface area contributed by atoms with E-state index in [0.29, 0.717) is 10.5 Å². The molecule has 0 radical (unpaired) electrons. The van der Waals surface area contributed by atoms with Gasteiger partial charge in [-0.3, -0.25) is 4.90 Å². The highest BCUT2D eigenvalue weighted by Gasteiger charge is 2.28. The SMILES string of the molecule is CC(C)(C)N1CCN(c2snc3c(F)c(Br)c(Cl)cc23)CC1. The lowest BCUT2D eigenvalue weighted by molar-refractivity contribution is 0.129. The van der Waals surface area contributed by atoms with Gasteiger partial charge in [0.25, 0.3) is 0 Å². The Morgan fingerprint density at radius 2 is 1.91 bits per heavy atom. The summed E-state index contributed by atoms with van der Waals surface area (Å²) in [4.78, 5) is 4.75. The molecule has 0 bridgehead atoms. The summed E-state index contributed by atoms with van der Waals surface area (Å²) in [5.41, 5.74) is 0.580. The summed E-state index contributed by atoms with van der Waals surface area (Å²) in [6.07, 6.45) is 0. The van der Waals surface area contributed by atoms with E-state index in [0.717, 1.165) is 36.6 Å². The molecule has 1 aromatic heterocycles. The molecule has 120 valence electrons. The fourth-order valence-electron chi connectivity index (χ4n) is 2.78. The average Bonchev–Trinajstić information content (AvgIpc) is 2.88. The molecule has 2 heterocycles. The second-order valence-corrected chi connectivity index (χ2v) is 8.47. The van der Waals surface area contributed by atoms with Crippen molar-refractivity contribution in [3.63, 3.8) is 0 Å². The smallest absolute Gasteiger partial charge is 0.166 e. The highest BCUT2D eigenvalue weighted by Crippen LogP contribution is 2.39. The van der Waals surface area contributed by atoms with Gasteiger partial charge in [0.2, 0.25) is 0 Å². The number of hydrogen-bond acceptors (Lipinski definition) is 4. The molecule has 3 rings (SSSR count). The van der Waals surface area contributed by atoms with Gasteiger partial charge >= 0.3 is 0 Å². The van der Waals surface area contributed by atoms with E-state index in [1.807, 2.05) is 0 Å². The Bertz CT molecular complexity index is 705. The topological polar surface area (TPSA) is 19.4 Å². The van der Waals surface area contributed by atoms with Crippen LogP contribution >= 0.6 is 39.1 Å². The van der Waals surface area contributed by atoms with E-state index in [-0.39, 0.29) is 15.8 Å². The molecule has 1 saturated heterocycles. The average molecular weight is 407 g/mol. The fraction of sp³-hybridized carbons (Fsp3) is 0.533. The van der Waals surface area contributed by atoms with Crippen LogP contribution in [0, 0.1) is 5.82 Å². The number of nitrogens with zero attached hydrogens (tertiary/aromatic N) is 3. The monoisotopic (exact) mass is 405 g/mol. The predicted octanol–water partition coefficient (Wildman–Crippen LogP) is 4.77. The van der Waals surface area contributed by atoms with Crippen LogP contribution in [0.3, 0.4) is 0 Å². The molecule has 2 aromatic rings. The first kappa shape index (κ1) is 16.4. The maximum atomic E-state index is 14.2. The minimum Gasteiger partial charge on any atom is -0.359 e.